The van der Waals surface area contributed by atoms with Gasteiger partial charge in [-0.05, 0) is 36.6 Å². The van der Waals surface area contributed by atoms with E-state index in [0.29, 0.717) is 13.0 Å². The molecule has 0 bridgehead atoms. The topological polar surface area (TPSA) is 49.3 Å². The molecule has 1 amide bonds. The summed E-state index contributed by atoms with van der Waals surface area (Å²) in [6, 6.07) is 5.90. The van der Waals surface area contributed by atoms with Crippen LogP contribution in [0.3, 0.4) is 0 Å². The summed E-state index contributed by atoms with van der Waals surface area (Å²) < 4.78 is 12.6. The van der Waals surface area contributed by atoms with Crippen LogP contribution in [0, 0.1) is 5.82 Å². The minimum absolute atomic E-state index is 0.140. The Labute approximate surface area is 100.0 Å². The van der Waals surface area contributed by atoms with Crippen LogP contribution in [0.15, 0.2) is 30.3 Å². The molecule has 0 unspecified atom stereocenters. The number of rotatable bonds is 6. The van der Waals surface area contributed by atoms with Crippen molar-refractivity contribution in [2.45, 2.75) is 12.8 Å². The number of aliphatic hydroxyl groups is 1. The lowest BCUT2D eigenvalue weighted by Gasteiger charge is -2.00. The van der Waals surface area contributed by atoms with Crippen LogP contribution in [0.1, 0.15) is 18.4 Å². The minimum atomic E-state index is -0.296. The number of carbonyl (C=O) groups excluding carboxylic acids is 1. The summed E-state index contributed by atoms with van der Waals surface area (Å²) in [5, 5.41) is 11.2. The minimum Gasteiger partial charge on any atom is -0.396 e. The molecule has 0 atom stereocenters. The van der Waals surface area contributed by atoms with Gasteiger partial charge in [-0.25, -0.2) is 4.39 Å². The molecule has 0 heterocycles. The first-order valence-corrected chi connectivity index (χ1v) is 5.54. The molecule has 1 aromatic rings. The van der Waals surface area contributed by atoms with Gasteiger partial charge in [-0.15, -0.1) is 0 Å². The molecule has 1 rings (SSSR count). The maximum absolute atomic E-state index is 12.6. The number of hydrogen-bond acceptors (Lipinski definition) is 2. The van der Waals surface area contributed by atoms with Crippen LogP contribution in [0.4, 0.5) is 4.39 Å². The first-order chi connectivity index (χ1) is 8.22. The van der Waals surface area contributed by atoms with Gasteiger partial charge in [0.05, 0.1) is 0 Å². The van der Waals surface area contributed by atoms with Gasteiger partial charge in [-0.1, -0.05) is 12.1 Å². The Kier molecular flexibility index (Phi) is 5.96. The molecule has 1 aromatic carbocycles. The fourth-order valence-electron chi connectivity index (χ4n) is 1.25. The van der Waals surface area contributed by atoms with Crippen LogP contribution >= 0.6 is 0 Å². The molecule has 2 N–H and O–H groups in total. The highest BCUT2D eigenvalue weighted by atomic mass is 19.1. The molecule has 0 saturated heterocycles. The van der Waals surface area contributed by atoms with Crippen molar-refractivity contribution in [1.29, 1.82) is 0 Å². The summed E-state index contributed by atoms with van der Waals surface area (Å²) in [4.78, 5) is 11.3. The monoisotopic (exact) mass is 237 g/mol. The van der Waals surface area contributed by atoms with Crippen LogP contribution in [0.5, 0.6) is 0 Å². The van der Waals surface area contributed by atoms with Gasteiger partial charge in [0.15, 0.2) is 0 Å². The van der Waals surface area contributed by atoms with Gasteiger partial charge in [0, 0.05) is 19.2 Å². The Balaban J connectivity index is 2.32. The smallest absolute Gasteiger partial charge is 0.243 e. The second-order valence-corrected chi connectivity index (χ2v) is 3.61. The highest BCUT2D eigenvalue weighted by molar-refractivity contribution is 5.91. The van der Waals surface area contributed by atoms with Crippen LogP contribution in [0.2, 0.25) is 0 Å². The van der Waals surface area contributed by atoms with Gasteiger partial charge < -0.3 is 10.4 Å². The molecule has 0 aliphatic rings. The Morgan fingerprint density at radius 3 is 2.65 bits per heavy atom. The Morgan fingerprint density at radius 2 is 2.00 bits per heavy atom. The number of hydrogen-bond donors (Lipinski definition) is 2. The maximum atomic E-state index is 12.6. The third kappa shape index (κ3) is 5.82. The summed E-state index contributed by atoms with van der Waals surface area (Å²) in [6.45, 7) is 0.689. The highest BCUT2D eigenvalue weighted by Gasteiger charge is 1.94. The summed E-state index contributed by atoms with van der Waals surface area (Å²) in [7, 11) is 0. The number of amides is 1. The fourth-order valence-corrected chi connectivity index (χ4v) is 1.25. The number of carbonyl (C=O) groups is 1. The molecule has 0 aliphatic heterocycles. The molecular formula is C13H16FNO2. The lowest BCUT2D eigenvalue weighted by atomic mass is 10.2. The van der Waals surface area contributed by atoms with E-state index >= 15 is 0 Å². The van der Waals surface area contributed by atoms with Crippen molar-refractivity contribution >= 4 is 12.0 Å². The Morgan fingerprint density at radius 1 is 1.29 bits per heavy atom. The molecule has 0 fully saturated rings. The fraction of sp³-hybridized carbons (Fsp3) is 0.308. The lowest BCUT2D eigenvalue weighted by Crippen LogP contribution is -2.22. The van der Waals surface area contributed by atoms with E-state index in [0.717, 1.165) is 12.0 Å². The van der Waals surface area contributed by atoms with E-state index in [1.165, 1.54) is 18.2 Å². The number of nitrogens with one attached hydrogen (secondary N) is 1. The third-order valence-corrected chi connectivity index (χ3v) is 2.18. The van der Waals surface area contributed by atoms with Crippen molar-refractivity contribution in [3.05, 3.63) is 41.7 Å². The van der Waals surface area contributed by atoms with Crippen molar-refractivity contribution in [2.24, 2.45) is 0 Å². The zero-order chi connectivity index (χ0) is 12.5. The SMILES string of the molecule is O=C(/C=C/c1ccc(F)cc1)NCCCCO. The molecule has 0 spiro atoms. The molecular weight excluding hydrogens is 221 g/mol. The average Bonchev–Trinajstić information content (AvgIpc) is 2.34. The largest absolute Gasteiger partial charge is 0.396 e. The number of halogens is 1. The van der Waals surface area contributed by atoms with E-state index < -0.39 is 0 Å². The first-order valence-electron chi connectivity index (χ1n) is 5.54. The zero-order valence-corrected chi connectivity index (χ0v) is 9.53. The number of unbranched alkanes of at least 4 members (excludes halogenated alkanes) is 1. The highest BCUT2D eigenvalue weighted by Crippen LogP contribution is 2.04. The summed E-state index contributed by atoms with van der Waals surface area (Å²) in [5.74, 6) is -0.483. The molecule has 3 nitrogen and oxygen atoms in total. The van der Waals surface area contributed by atoms with Gasteiger partial charge in [-0.3, -0.25) is 4.79 Å². The van der Waals surface area contributed by atoms with Gasteiger partial charge in [-0.2, -0.15) is 0 Å². The Hall–Kier alpha value is -1.68. The molecule has 0 radical (unpaired) electrons. The van der Waals surface area contributed by atoms with E-state index in [2.05, 4.69) is 5.32 Å². The van der Waals surface area contributed by atoms with Crippen molar-refractivity contribution in [2.75, 3.05) is 13.2 Å². The van der Waals surface area contributed by atoms with Crippen LogP contribution in [0.25, 0.3) is 6.08 Å². The van der Waals surface area contributed by atoms with Crippen molar-refractivity contribution in [3.8, 4) is 0 Å². The predicted octanol–water partition coefficient (Wildman–Crippen LogP) is 1.73. The maximum Gasteiger partial charge on any atom is 0.243 e. The second-order valence-electron chi connectivity index (χ2n) is 3.61. The number of aliphatic hydroxyl groups excluding tert-OH is 1. The van der Waals surface area contributed by atoms with Crippen molar-refractivity contribution in [3.63, 3.8) is 0 Å². The first kappa shape index (κ1) is 13.4. The summed E-state index contributed by atoms with van der Waals surface area (Å²) in [5.41, 5.74) is 0.775. The zero-order valence-electron chi connectivity index (χ0n) is 9.53. The molecule has 0 aromatic heterocycles. The van der Waals surface area contributed by atoms with E-state index in [1.807, 2.05) is 0 Å². The average molecular weight is 237 g/mol. The van der Waals surface area contributed by atoms with Crippen LogP contribution < -0.4 is 5.32 Å². The predicted molar refractivity (Wildman–Crippen MR) is 64.8 cm³/mol. The molecule has 4 heteroatoms. The second kappa shape index (κ2) is 7.57. The quantitative estimate of drug-likeness (QED) is 0.584. The molecule has 0 saturated carbocycles. The molecule has 92 valence electrons. The van der Waals surface area contributed by atoms with Gasteiger partial charge in [0.25, 0.3) is 0 Å². The number of benzene rings is 1. The van der Waals surface area contributed by atoms with Gasteiger partial charge in [0.1, 0.15) is 5.82 Å². The summed E-state index contributed by atoms with van der Waals surface area (Å²) >= 11 is 0. The van der Waals surface area contributed by atoms with Crippen LogP contribution in [-0.4, -0.2) is 24.2 Å². The molecule has 0 aliphatic carbocycles. The molecule has 17 heavy (non-hydrogen) atoms. The third-order valence-electron chi connectivity index (χ3n) is 2.18. The van der Waals surface area contributed by atoms with E-state index in [-0.39, 0.29) is 18.3 Å². The van der Waals surface area contributed by atoms with Crippen molar-refractivity contribution < 1.29 is 14.3 Å². The van der Waals surface area contributed by atoms with E-state index in [1.54, 1.807) is 18.2 Å². The van der Waals surface area contributed by atoms with E-state index in [4.69, 9.17) is 5.11 Å². The van der Waals surface area contributed by atoms with Gasteiger partial charge in [0.2, 0.25) is 5.91 Å². The lowest BCUT2D eigenvalue weighted by molar-refractivity contribution is -0.116. The normalized spacial score (nSPS) is 10.7. The summed E-state index contributed by atoms with van der Waals surface area (Å²) in [6.07, 6.45) is 4.47. The van der Waals surface area contributed by atoms with Crippen molar-refractivity contribution in [1.82, 2.24) is 5.32 Å². The van der Waals surface area contributed by atoms with Gasteiger partial charge >= 0.3 is 0 Å². The van der Waals surface area contributed by atoms with Crippen LogP contribution in [-0.2, 0) is 4.79 Å². The Bertz CT molecular complexity index is 374. The standard InChI is InChI=1S/C13H16FNO2/c14-12-6-3-11(4-7-12)5-8-13(17)15-9-1-2-10-16/h3-8,16H,1-2,9-10H2,(H,15,17)/b8-5+. The van der Waals surface area contributed by atoms with E-state index in [9.17, 15) is 9.18 Å².